The van der Waals surface area contributed by atoms with Gasteiger partial charge >= 0.3 is 5.97 Å². The molecular formula is C33H36N4O5. The molecule has 5 rings (SSSR count). The van der Waals surface area contributed by atoms with Crippen molar-refractivity contribution < 1.29 is 24.3 Å². The lowest BCUT2D eigenvalue weighted by Gasteiger charge is -2.27. The van der Waals surface area contributed by atoms with Gasteiger partial charge in [-0.25, -0.2) is 0 Å². The summed E-state index contributed by atoms with van der Waals surface area (Å²) >= 11 is 0. The highest BCUT2D eigenvalue weighted by Crippen LogP contribution is 2.34. The molecule has 3 aromatic rings. The van der Waals surface area contributed by atoms with Crippen molar-refractivity contribution >= 4 is 35.1 Å². The zero-order valence-corrected chi connectivity index (χ0v) is 23.7. The van der Waals surface area contributed by atoms with Gasteiger partial charge in [0.25, 0.3) is 11.8 Å². The highest BCUT2D eigenvalue weighted by Gasteiger charge is 2.31. The average Bonchev–Trinajstić information content (AvgIpc) is 3.85. The van der Waals surface area contributed by atoms with Gasteiger partial charge in [-0.3, -0.25) is 19.2 Å². The monoisotopic (exact) mass is 568 g/mol. The lowest BCUT2D eigenvalue weighted by atomic mass is 10.0. The van der Waals surface area contributed by atoms with Crippen LogP contribution in [-0.2, 0) is 9.59 Å². The number of aliphatic carboxylic acids is 1. The van der Waals surface area contributed by atoms with Crippen molar-refractivity contribution in [2.45, 2.75) is 38.6 Å². The van der Waals surface area contributed by atoms with Gasteiger partial charge in [0.15, 0.2) is 0 Å². The molecule has 2 aliphatic rings. The van der Waals surface area contributed by atoms with E-state index in [4.69, 9.17) is 0 Å². The first-order chi connectivity index (χ1) is 20.3. The molecule has 9 heteroatoms. The predicted molar refractivity (Wildman–Crippen MR) is 161 cm³/mol. The number of hydrogen-bond donors (Lipinski definition) is 3. The molecule has 1 saturated carbocycles. The van der Waals surface area contributed by atoms with Gasteiger partial charge in [0.2, 0.25) is 5.91 Å². The van der Waals surface area contributed by atoms with Crippen LogP contribution in [0.1, 0.15) is 63.6 Å². The number of carbonyl (C=O) groups is 4. The summed E-state index contributed by atoms with van der Waals surface area (Å²) in [4.78, 5) is 54.8. The van der Waals surface area contributed by atoms with E-state index in [9.17, 15) is 24.3 Å². The first kappa shape index (κ1) is 28.9. The van der Waals surface area contributed by atoms with Gasteiger partial charge in [-0.1, -0.05) is 48.0 Å². The molecule has 3 aromatic carbocycles. The third-order valence-electron chi connectivity index (χ3n) is 7.77. The zero-order chi connectivity index (χ0) is 29.6. The zero-order valence-electron chi connectivity index (χ0n) is 23.7. The van der Waals surface area contributed by atoms with Gasteiger partial charge in [0, 0.05) is 43.2 Å². The standard InChI is InChI=1S/C33H36N4O5/c1-22-8-10-23(11-9-22)27(21-30(38)39)34-32(41)26-14-15-29(28(20-26)35-31(40)24-12-13-24)36-16-5-17-37(19-18-36)33(42)25-6-3-2-4-7-25/h2-4,6-11,14-15,20,24,27H,5,12-13,16-19,21H2,1H3,(H,34,41)(H,35,40)(H,38,39). The summed E-state index contributed by atoms with van der Waals surface area (Å²) in [5.41, 5.74) is 4.04. The van der Waals surface area contributed by atoms with Crippen LogP contribution in [0.5, 0.6) is 0 Å². The maximum Gasteiger partial charge on any atom is 0.305 e. The van der Waals surface area contributed by atoms with Crippen LogP contribution in [0.4, 0.5) is 11.4 Å². The molecule has 1 aliphatic heterocycles. The third-order valence-corrected chi connectivity index (χ3v) is 7.77. The molecule has 0 spiro atoms. The number of hydrogen-bond acceptors (Lipinski definition) is 5. The molecule has 42 heavy (non-hydrogen) atoms. The van der Waals surface area contributed by atoms with Crippen molar-refractivity contribution in [3.05, 3.63) is 95.1 Å². The van der Waals surface area contributed by atoms with Gasteiger partial charge in [-0.05, 0) is 62.1 Å². The first-order valence-corrected chi connectivity index (χ1v) is 14.4. The van der Waals surface area contributed by atoms with E-state index < -0.39 is 17.9 Å². The normalized spacial score (nSPS) is 15.8. The minimum absolute atomic E-state index is 0.00350. The summed E-state index contributed by atoms with van der Waals surface area (Å²) < 4.78 is 0. The van der Waals surface area contributed by atoms with Crippen LogP contribution in [0, 0.1) is 12.8 Å². The second-order valence-corrected chi connectivity index (χ2v) is 11.0. The Morgan fingerprint density at radius 1 is 0.881 bits per heavy atom. The summed E-state index contributed by atoms with van der Waals surface area (Å²) in [5, 5.41) is 15.4. The molecule has 0 aromatic heterocycles. The van der Waals surface area contributed by atoms with E-state index in [1.54, 1.807) is 12.1 Å². The molecule has 0 bridgehead atoms. The third kappa shape index (κ3) is 7.15. The Kier molecular flexibility index (Phi) is 8.85. The molecular weight excluding hydrogens is 532 g/mol. The van der Waals surface area contributed by atoms with Crippen molar-refractivity contribution in [2.24, 2.45) is 5.92 Å². The maximum atomic E-state index is 13.4. The predicted octanol–water partition coefficient (Wildman–Crippen LogP) is 4.64. The van der Waals surface area contributed by atoms with Crippen LogP contribution in [0.15, 0.2) is 72.8 Å². The average molecular weight is 569 g/mol. The Morgan fingerprint density at radius 3 is 2.31 bits per heavy atom. The molecule has 9 nitrogen and oxygen atoms in total. The van der Waals surface area contributed by atoms with E-state index in [-0.39, 0.29) is 24.2 Å². The van der Waals surface area contributed by atoms with Gasteiger partial charge < -0.3 is 25.5 Å². The Morgan fingerprint density at radius 2 is 1.62 bits per heavy atom. The molecule has 1 heterocycles. The minimum Gasteiger partial charge on any atom is -0.481 e. The number of nitrogens with zero attached hydrogens (tertiary/aromatic N) is 2. The number of carbonyl (C=O) groups excluding carboxylic acids is 3. The minimum atomic E-state index is -1.02. The van der Waals surface area contributed by atoms with Crippen molar-refractivity contribution in [1.82, 2.24) is 10.2 Å². The fourth-order valence-electron chi connectivity index (χ4n) is 5.23. The van der Waals surface area contributed by atoms with Crippen LogP contribution in [0.25, 0.3) is 0 Å². The quantitative estimate of drug-likeness (QED) is 0.346. The van der Waals surface area contributed by atoms with Crippen molar-refractivity contribution in [3.63, 3.8) is 0 Å². The summed E-state index contributed by atoms with van der Waals surface area (Å²) in [7, 11) is 0. The number of benzene rings is 3. The summed E-state index contributed by atoms with van der Waals surface area (Å²) in [6.07, 6.45) is 2.18. The molecule has 2 fully saturated rings. The van der Waals surface area contributed by atoms with Crippen molar-refractivity contribution in [3.8, 4) is 0 Å². The molecule has 218 valence electrons. The lowest BCUT2D eigenvalue weighted by molar-refractivity contribution is -0.137. The van der Waals surface area contributed by atoms with E-state index in [1.165, 1.54) is 0 Å². The van der Waals surface area contributed by atoms with Crippen LogP contribution < -0.4 is 15.5 Å². The Labute approximate surface area is 245 Å². The molecule has 3 amide bonds. The van der Waals surface area contributed by atoms with Crippen LogP contribution in [0.3, 0.4) is 0 Å². The van der Waals surface area contributed by atoms with Crippen molar-refractivity contribution in [1.29, 1.82) is 0 Å². The fourth-order valence-corrected chi connectivity index (χ4v) is 5.23. The first-order valence-electron chi connectivity index (χ1n) is 14.4. The number of carboxylic acids is 1. The topological polar surface area (TPSA) is 119 Å². The Hall–Kier alpha value is -4.66. The Balaban J connectivity index is 1.36. The maximum absolute atomic E-state index is 13.4. The van der Waals surface area contributed by atoms with Gasteiger partial charge in [0.1, 0.15) is 0 Å². The number of rotatable bonds is 9. The summed E-state index contributed by atoms with van der Waals surface area (Å²) in [6.45, 7) is 4.35. The van der Waals surface area contributed by atoms with E-state index in [0.717, 1.165) is 30.5 Å². The molecule has 3 N–H and O–H groups in total. The largest absolute Gasteiger partial charge is 0.481 e. The van der Waals surface area contributed by atoms with Crippen LogP contribution in [0.2, 0.25) is 0 Å². The summed E-state index contributed by atoms with van der Waals surface area (Å²) in [5.74, 6) is -1.55. The number of aryl methyl sites for hydroxylation is 1. The van der Waals surface area contributed by atoms with E-state index in [1.807, 2.05) is 72.5 Å². The van der Waals surface area contributed by atoms with E-state index >= 15 is 0 Å². The van der Waals surface area contributed by atoms with Crippen LogP contribution in [-0.4, -0.2) is 59.9 Å². The highest BCUT2D eigenvalue weighted by atomic mass is 16.4. The van der Waals surface area contributed by atoms with Crippen LogP contribution >= 0.6 is 0 Å². The molecule has 0 radical (unpaired) electrons. The smallest absolute Gasteiger partial charge is 0.305 e. The Bertz CT molecular complexity index is 1450. The second-order valence-electron chi connectivity index (χ2n) is 11.0. The molecule has 1 unspecified atom stereocenters. The van der Waals surface area contributed by atoms with Gasteiger partial charge in [-0.2, -0.15) is 0 Å². The number of anilines is 2. The highest BCUT2D eigenvalue weighted by molar-refractivity contribution is 6.01. The van der Waals surface area contributed by atoms with E-state index in [0.29, 0.717) is 48.6 Å². The number of nitrogens with one attached hydrogen (secondary N) is 2. The van der Waals surface area contributed by atoms with Gasteiger partial charge in [0.05, 0.1) is 23.8 Å². The molecule has 1 atom stereocenters. The molecule has 1 saturated heterocycles. The summed E-state index contributed by atoms with van der Waals surface area (Å²) in [6, 6.07) is 21.1. The number of amides is 3. The van der Waals surface area contributed by atoms with E-state index in [2.05, 4.69) is 15.5 Å². The SMILES string of the molecule is Cc1ccc(C(CC(=O)O)NC(=O)c2ccc(N3CCCN(C(=O)c4ccccc4)CC3)c(NC(=O)C3CC3)c2)cc1. The van der Waals surface area contributed by atoms with Gasteiger partial charge in [-0.15, -0.1) is 0 Å². The second kappa shape index (κ2) is 12.9. The number of carboxylic acid groups (broad SMARTS) is 1. The van der Waals surface area contributed by atoms with Crippen molar-refractivity contribution in [2.75, 3.05) is 36.4 Å². The lowest BCUT2D eigenvalue weighted by Crippen LogP contribution is -2.35. The fraction of sp³-hybridized carbons (Fsp3) is 0.333. The molecule has 1 aliphatic carbocycles.